The molecule has 4 aromatic rings. The summed E-state index contributed by atoms with van der Waals surface area (Å²) >= 11 is 13.0. The van der Waals surface area contributed by atoms with E-state index in [1.54, 1.807) is 36.4 Å². The number of hydrogen-bond donors (Lipinski definition) is 1. The van der Waals surface area contributed by atoms with Crippen LogP contribution in [0.15, 0.2) is 115 Å². The highest BCUT2D eigenvalue weighted by atomic mass is 35.5. The summed E-state index contributed by atoms with van der Waals surface area (Å²) in [4.78, 5) is 13.3. The molecule has 0 bridgehead atoms. The summed E-state index contributed by atoms with van der Waals surface area (Å²) in [6, 6.07) is 33.2. The molecular formula is C30H24Cl2O2. The third-order valence-electron chi connectivity index (χ3n) is 5.96. The standard InChI is InChI=1S/C30H24Cl2O2/c31-27-17-9-7-11-22(27)19-20-30(34,24-14-5-2-6-15-24)26(25-16-8-10-18-28(25)32)21-29(33)23-12-3-1-4-13-23/h1-20,26,34H,21H2/b20-19+/t26-,30-/m0/s1. The SMILES string of the molecule is O=C(C[C@@H](c1ccccc1Cl)[C@](O)(/C=C/c1ccccc1Cl)c1ccccc1)c1ccccc1. The Kier molecular flexibility index (Phi) is 7.64. The maximum atomic E-state index is 13.3. The largest absolute Gasteiger partial charge is 0.380 e. The molecule has 4 rings (SSSR count). The molecule has 0 aromatic heterocycles. The van der Waals surface area contributed by atoms with Crippen molar-refractivity contribution in [3.05, 3.63) is 148 Å². The number of rotatable bonds is 8. The summed E-state index contributed by atoms with van der Waals surface area (Å²) in [5.74, 6) is -0.721. The first kappa shape index (κ1) is 24.0. The molecule has 0 radical (unpaired) electrons. The molecule has 0 fully saturated rings. The average Bonchev–Trinajstić information content (AvgIpc) is 2.88. The van der Waals surface area contributed by atoms with Crippen LogP contribution in [0.3, 0.4) is 0 Å². The topological polar surface area (TPSA) is 37.3 Å². The summed E-state index contributed by atoms with van der Waals surface area (Å²) in [5, 5.41) is 13.4. The van der Waals surface area contributed by atoms with Crippen molar-refractivity contribution in [3.8, 4) is 0 Å². The van der Waals surface area contributed by atoms with Gasteiger partial charge in [0.25, 0.3) is 0 Å². The van der Waals surface area contributed by atoms with Crippen molar-refractivity contribution in [2.75, 3.05) is 0 Å². The quantitative estimate of drug-likeness (QED) is 0.256. The zero-order chi connectivity index (χ0) is 24.0. The second-order valence-electron chi connectivity index (χ2n) is 8.11. The van der Waals surface area contributed by atoms with Crippen molar-refractivity contribution in [2.45, 2.75) is 17.9 Å². The van der Waals surface area contributed by atoms with Crippen molar-refractivity contribution >= 4 is 35.1 Å². The second-order valence-corrected chi connectivity index (χ2v) is 8.93. The van der Waals surface area contributed by atoms with Crippen LogP contribution >= 0.6 is 23.2 Å². The summed E-state index contributed by atoms with van der Waals surface area (Å²) in [6.45, 7) is 0. The van der Waals surface area contributed by atoms with Gasteiger partial charge < -0.3 is 5.11 Å². The molecule has 0 heterocycles. The molecule has 0 spiro atoms. The maximum Gasteiger partial charge on any atom is 0.163 e. The highest BCUT2D eigenvalue weighted by Crippen LogP contribution is 2.44. The van der Waals surface area contributed by atoms with E-state index in [1.807, 2.05) is 84.9 Å². The molecule has 2 atom stereocenters. The first-order valence-corrected chi connectivity index (χ1v) is 11.8. The molecular weight excluding hydrogens is 463 g/mol. The highest BCUT2D eigenvalue weighted by molar-refractivity contribution is 6.32. The Morgan fingerprint density at radius 1 is 0.765 bits per heavy atom. The molecule has 4 aromatic carbocycles. The van der Waals surface area contributed by atoms with E-state index < -0.39 is 11.5 Å². The fourth-order valence-corrected chi connectivity index (χ4v) is 4.60. The fraction of sp³-hybridized carbons (Fsp3) is 0.100. The van der Waals surface area contributed by atoms with Gasteiger partial charge in [0.15, 0.2) is 5.78 Å². The fourth-order valence-electron chi connectivity index (χ4n) is 4.13. The van der Waals surface area contributed by atoms with E-state index >= 15 is 0 Å². The smallest absolute Gasteiger partial charge is 0.163 e. The number of carbonyl (C=O) groups is 1. The Morgan fingerprint density at radius 2 is 1.32 bits per heavy atom. The lowest BCUT2D eigenvalue weighted by Gasteiger charge is -2.35. The van der Waals surface area contributed by atoms with E-state index in [-0.39, 0.29) is 12.2 Å². The van der Waals surface area contributed by atoms with Crippen molar-refractivity contribution in [1.82, 2.24) is 0 Å². The van der Waals surface area contributed by atoms with Gasteiger partial charge >= 0.3 is 0 Å². The van der Waals surface area contributed by atoms with Gasteiger partial charge in [-0.15, -0.1) is 0 Å². The predicted molar refractivity (Wildman–Crippen MR) is 140 cm³/mol. The maximum absolute atomic E-state index is 13.3. The van der Waals surface area contributed by atoms with Gasteiger partial charge in [0.1, 0.15) is 5.60 Å². The number of hydrogen-bond acceptors (Lipinski definition) is 2. The van der Waals surface area contributed by atoms with Crippen LogP contribution in [0.2, 0.25) is 10.0 Å². The molecule has 0 saturated carbocycles. The number of aliphatic hydroxyl groups is 1. The van der Waals surface area contributed by atoms with Crippen molar-refractivity contribution in [2.24, 2.45) is 0 Å². The Bertz CT molecular complexity index is 1290. The molecule has 0 saturated heterocycles. The lowest BCUT2D eigenvalue weighted by Crippen LogP contribution is -2.33. The second kappa shape index (κ2) is 10.8. The third kappa shape index (κ3) is 5.31. The first-order valence-electron chi connectivity index (χ1n) is 11.0. The predicted octanol–water partition coefficient (Wildman–Crippen LogP) is 7.95. The van der Waals surface area contributed by atoms with E-state index in [4.69, 9.17) is 23.2 Å². The van der Waals surface area contributed by atoms with E-state index in [9.17, 15) is 9.90 Å². The van der Waals surface area contributed by atoms with Crippen molar-refractivity contribution in [1.29, 1.82) is 0 Å². The van der Waals surface area contributed by atoms with Crippen LogP contribution in [-0.2, 0) is 5.60 Å². The Balaban J connectivity index is 1.86. The van der Waals surface area contributed by atoms with Gasteiger partial charge in [-0.3, -0.25) is 4.79 Å². The van der Waals surface area contributed by atoms with Gasteiger partial charge in [0.2, 0.25) is 0 Å². The average molecular weight is 487 g/mol. The minimum Gasteiger partial charge on any atom is -0.380 e. The van der Waals surface area contributed by atoms with Gasteiger partial charge in [-0.05, 0) is 34.9 Å². The van der Waals surface area contributed by atoms with E-state index in [0.717, 1.165) is 5.56 Å². The van der Waals surface area contributed by atoms with Crippen LogP contribution in [0.4, 0.5) is 0 Å². The van der Waals surface area contributed by atoms with Crippen LogP contribution < -0.4 is 0 Å². The molecule has 0 aliphatic heterocycles. The Hall–Kier alpha value is -3.17. The number of ketones is 1. The normalized spacial score (nSPS) is 14.0. The van der Waals surface area contributed by atoms with Gasteiger partial charge in [-0.2, -0.15) is 0 Å². The van der Waals surface area contributed by atoms with E-state index in [0.29, 0.717) is 26.7 Å². The number of benzene rings is 4. The van der Waals surface area contributed by atoms with Gasteiger partial charge in [-0.1, -0.05) is 126 Å². The van der Waals surface area contributed by atoms with Crippen LogP contribution in [-0.4, -0.2) is 10.9 Å². The van der Waals surface area contributed by atoms with Crippen molar-refractivity contribution in [3.63, 3.8) is 0 Å². The number of carbonyl (C=O) groups excluding carboxylic acids is 1. The minimum absolute atomic E-state index is 0.0615. The van der Waals surface area contributed by atoms with Crippen LogP contribution in [0.25, 0.3) is 6.08 Å². The highest BCUT2D eigenvalue weighted by Gasteiger charge is 2.39. The van der Waals surface area contributed by atoms with Gasteiger partial charge in [-0.25, -0.2) is 0 Å². The summed E-state index contributed by atoms with van der Waals surface area (Å²) < 4.78 is 0. The van der Waals surface area contributed by atoms with E-state index in [1.165, 1.54) is 0 Å². The summed E-state index contributed by atoms with van der Waals surface area (Å²) in [5.41, 5.74) is 1.18. The lowest BCUT2D eigenvalue weighted by molar-refractivity contribution is 0.0514. The monoisotopic (exact) mass is 486 g/mol. The molecule has 0 aliphatic rings. The Morgan fingerprint density at radius 3 is 1.97 bits per heavy atom. The van der Waals surface area contributed by atoms with Gasteiger partial charge in [0.05, 0.1) is 0 Å². The minimum atomic E-state index is -1.53. The molecule has 0 aliphatic carbocycles. The molecule has 2 nitrogen and oxygen atoms in total. The molecule has 170 valence electrons. The van der Waals surface area contributed by atoms with Crippen LogP contribution in [0.5, 0.6) is 0 Å². The number of halogens is 2. The molecule has 4 heteroatoms. The number of Topliss-reactive ketones (excluding diaryl/α,β-unsaturated/α-hetero) is 1. The molecule has 0 unspecified atom stereocenters. The third-order valence-corrected chi connectivity index (χ3v) is 6.64. The lowest BCUT2D eigenvalue weighted by atomic mass is 9.73. The van der Waals surface area contributed by atoms with Crippen LogP contribution in [0, 0.1) is 0 Å². The van der Waals surface area contributed by atoms with Gasteiger partial charge in [0, 0.05) is 27.9 Å². The molecule has 34 heavy (non-hydrogen) atoms. The molecule has 1 N–H and O–H groups in total. The zero-order valence-electron chi connectivity index (χ0n) is 18.4. The molecule has 0 amide bonds. The summed E-state index contributed by atoms with van der Waals surface area (Å²) in [7, 11) is 0. The Labute approximate surface area is 210 Å². The zero-order valence-corrected chi connectivity index (χ0v) is 20.0. The summed E-state index contributed by atoms with van der Waals surface area (Å²) in [6.07, 6.45) is 3.58. The first-order chi connectivity index (χ1) is 16.5. The van der Waals surface area contributed by atoms with Crippen LogP contribution in [0.1, 0.15) is 39.4 Å². The van der Waals surface area contributed by atoms with Crippen molar-refractivity contribution < 1.29 is 9.90 Å². The van der Waals surface area contributed by atoms with E-state index in [2.05, 4.69) is 0 Å².